The van der Waals surface area contributed by atoms with E-state index in [0.717, 1.165) is 17.4 Å². The van der Waals surface area contributed by atoms with Crippen LogP contribution in [-0.4, -0.2) is 11.5 Å². The highest BCUT2D eigenvalue weighted by Crippen LogP contribution is 2.36. The van der Waals surface area contributed by atoms with Gasteiger partial charge in [-0.2, -0.15) is 0 Å². The van der Waals surface area contributed by atoms with E-state index in [-0.39, 0.29) is 6.04 Å². The number of hydrogen-bond acceptors (Lipinski definition) is 1. The Bertz CT molecular complexity index is 1060. The molecule has 0 radical (unpaired) electrons. The molecule has 24 heavy (non-hydrogen) atoms. The molecule has 0 aliphatic carbocycles. The van der Waals surface area contributed by atoms with Gasteiger partial charge in [-0.3, -0.25) is 0 Å². The second-order valence-electron chi connectivity index (χ2n) is 6.41. The van der Waals surface area contributed by atoms with Crippen molar-refractivity contribution in [1.82, 2.24) is 10.3 Å². The fraction of sp³-hybridized carbons (Fsp3) is 0.143. The lowest BCUT2D eigenvalue weighted by atomic mass is 9.91. The lowest BCUT2D eigenvalue weighted by Crippen LogP contribution is -2.30. The van der Waals surface area contributed by atoms with Crippen molar-refractivity contribution in [3.8, 4) is 0 Å². The van der Waals surface area contributed by atoms with Crippen LogP contribution in [0.3, 0.4) is 0 Å². The summed E-state index contributed by atoms with van der Waals surface area (Å²) in [4.78, 5) is 3.67. The molecular weight excluding hydrogens is 360 g/mol. The maximum Gasteiger partial charge on any atom is 0.0738 e. The molecule has 0 amide bonds. The maximum atomic E-state index is 3.72. The zero-order valence-corrected chi connectivity index (χ0v) is 14.7. The Morgan fingerprint density at radius 1 is 0.917 bits per heavy atom. The normalized spacial score (nSPS) is 17.3. The molecule has 0 fully saturated rings. The first-order valence-electron chi connectivity index (χ1n) is 8.32. The Labute approximate surface area is 149 Å². The van der Waals surface area contributed by atoms with Gasteiger partial charge in [-0.1, -0.05) is 58.4 Å². The van der Waals surface area contributed by atoms with Crippen LogP contribution < -0.4 is 5.32 Å². The Kier molecular flexibility index (Phi) is 3.25. The van der Waals surface area contributed by atoms with Crippen LogP contribution in [0.15, 0.2) is 65.1 Å². The van der Waals surface area contributed by atoms with Crippen molar-refractivity contribution in [2.75, 3.05) is 6.54 Å². The van der Waals surface area contributed by atoms with Crippen LogP contribution in [-0.2, 0) is 6.42 Å². The summed E-state index contributed by atoms with van der Waals surface area (Å²) in [5, 5.41) is 7.67. The van der Waals surface area contributed by atoms with E-state index in [2.05, 4.69) is 86.9 Å². The van der Waals surface area contributed by atoms with Gasteiger partial charge >= 0.3 is 0 Å². The van der Waals surface area contributed by atoms with Gasteiger partial charge < -0.3 is 10.3 Å². The van der Waals surface area contributed by atoms with Crippen LogP contribution in [0.4, 0.5) is 0 Å². The summed E-state index contributed by atoms with van der Waals surface area (Å²) in [6.07, 6.45) is 1.06. The summed E-state index contributed by atoms with van der Waals surface area (Å²) in [5.41, 5.74) is 5.32. The molecule has 3 heteroatoms. The molecule has 1 unspecified atom stereocenters. The smallest absolute Gasteiger partial charge is 0.0738 e. The topological polar surface area (TPSA) is 27.8 Å². The van der Waals surface area contributed by atoms with Crippen molar-refractivity contribution in [2.45, 2.75) is 12.5 Å². The molecular formula is C21H17BrN2. The molecule has 2 nitrogen and oxygen atoms in total. The van der Waals surface area contributed by atoms with E-state index in [1.807, 2.05) is 0 Å². The number of halogens is 1. The molecule has 1 atom stereocenters. The number of benzene rings is 3. The van der Waals surface area contributed by atoms with Crippen molar-refractivity contribution in [2.24, 2.45) is 0 Å². The number of aromatic nitrogens is 1. The van der Waals surface area contributed by atoms with Crippen molar-refractivity contribution >= 4 is 37.6 Å². The third-order valence-electron chi connectivity index (χ3n) is 5.05. The minimum Gasteiger partial charge on any atom is -0.357 e. The summed E-state index contributed by atoms with van der Waals surface area (Å²) in [5.74, 6) is 0. The van der Waals surface area contributed by atoms with Crippen LogP contribution in [0.5, 0.6) is 0 Å². The van der Waals surface area contributed by atoms with Gasteiger partial charge in [0, 0.05) is 27.6 Å². The predicted octanol–water partition coefficient (Wildman–Crippen LogP) is 5.32. The summed E-state index contributed by atoms with van der Waals surface area (Å²) in [7, 11) is 0. The zero-order chi connectivity index (χ0) is 16.1. The monoisotopic (exact) mass is 376 g/mol. The first-order valence-corrected chi connectivity index (χ1v) is 9.11. The summed E-state index contributed by atoms with van der Waals surface area (Å²) >= 11 is 3.61. The molecule has 0 spiro atoms. The van der Waals surface area contributed by atoms with Gasteiger partial charge in [-0.15, -0.1) is 0 Å². The number of aromatic amines is 1. The Balaban J connectivity index is 1.75. The van der Waals surface area contributed by atoms with E-state index in [0.29, 0.717) is 0 Å². The Morgan fingerprint density at radius 2 is 1.79 bits per heavy atom. The van der Waals surface area contributed by atoms with E-state index in [9.17, 15) is 0 Å². The van der Waals surface area contributed by atoms with Gasteiger partial charge in [0.25, 0.3) is 0 Å². The highest BCUT2D eigenvalue weighted by molar-refractivity contribution is 9.10. The van der Waals surface area contributed by atoms with Crippen LogP contribution in [0.25, 0.3) is 21.7 Å². The average molecular weight is 377 g/mol. The number of nitrogens with one attached hydrogen (secondary N) is 2. The van der Waals surface area contributed by atoms with E-state index in [1.54, 1.807) is 0 Å². The average Bonchev–Trinajstić information content (AvgIpc) is 2.99. The SMILES string of the molecule is Brc1ccc2[nH]c3c(c2c1)CCNC3c1cccc2ccccc12. The molecule has 4 aromatic rings. The van der Waals surface area contributed by atoms with Crippen molar-refractivity contribution in [3.05, 3.63) is 82.0 Å². The first kappa shape index (κ1) is 14.3. The highest BCUT2D eigenvalue weighted by atomic mass is 79.9. The molecule has 0 bridgehead atoms. The fourth-order valence-corrected chi connectivity index (χ4v) is 4.33. The first-order chi connectivity index (χ1) is 11.8. The second kappa shape index (κ2) is 5.47. The van der Waals surface area contributed by atoms with Gasteiger partial charge in [0.1, 0.15) is 0 Å². The molecule has 1 aliphatic rings. The van der Waals surface area contributed by atoms with Crippen molar-refractivity contribution < 1.29 is 0 Å². The van der Waals surface area contributed by atoms with Gasteiger partial charge in [0.2, 0.25) is 0 Å². The summed E-state index contributed by atoms with van der Waals surface area (Å²) < 4.78 is 1.14. The Morgan fingerprint density at radius 3 is 2.75 bits per heavy atom. The van der Waals surface area contributed by atoms with Crippen molar-refractivity contribution in [3.63, 3.8) is 0 Å². The lowest BCUT2D eigenvalue weighted by molar-refractivity contribution is 0.563. The van der Waals surface area contributed by atoms with Crippen LogP contribution in [0.2, 0.25) is 0 Å². The standard InChI is InChI=1S/C21H17BrN2/c22-14-8-9-19-18(12-14)17-10-11-23-20(21(17)24-19)16-7-3-5-13-4-1-2-6-15(13)16/h1-9,12,20,23-24H,10-11H2. The van der Waals surface area contributed by atoms with Crippen LogP contribution in [0, 0.1) is 0 Å². The molecule has 1 aliphatic heterocycles. The minimum absolute atomic E-state index is 0.214. The maximum absolute atomic E-state index is 3.72. The lowest BCUT2D eigenvalue weighted by Gasteiger charge is -2.26. The molecule has 0 saturated heterocycles. The number of hydrogen-bond donors (Lipinski definition) is 2. The van der Waals surface area contributed by atoms with Crippen molar-refractivity contribution in [1.29, 1.82) is 0 Å². The minimum atomic E-state index is 0.214. The Hall–Kier alpha value is -2.10. The van der Waals surface area contributed by atoms with E-state index in [1.165, 1.54) is 38.5 Å². The van der Waals surface area contributed by atoms with Crippen LogP contribution in [0.1, 0.15) is 22.9 Å². The summed E-state index contributed by atoms with van der Waals surface area (Å²) in [6, 6.07) is 21.9. The molecule has 0 saturated carbocycles. The van der Waals surface area contributed by atoms with Gasteiger partial charge in [-0.05, 0) is 46.5 Å². The third kappa shape index (κ3) is 2.12. The van der Waals surface area contributed by atoms with Gasteiger partial charge in [0.15, 0.2) is 0 Å². The molecule has 2 heterocycles. The van der Waals surface area contributed by atoms with E-state index < -0.39 is 0 Å². The third-order valence-corrected chi connectivity index (χ3v) is 5.54. The molecule has 1 aromatic heterocycles. The second-order valence-corrected chi connectivity index (χ2v) is 7.33. The van der Waals surface area contributed by atoms with Crippen LogP contribution >= 0.6 is 15.9 Å². The highest BCUT2D eigenvalue weighted by Gasteiger charge is 2.26. The number of fused-ring (bicyclic) bond motifs is 4. The quantitative estimate of drug-likeness (QED) is 0.462. The largest absolute Gasteiger partial charge is 0.357 e. The van der Waals surface area contributed by atoms with E-state index >= 15 is 0 Å². The number of rotatable bonds is 1. The predicted molar refractivity (Wildman–Crippen MR) is 103 cm³/mol. The zero-order valence-electron chi connectivity index (χ0n) is 13.1. The van der Waals surface area contributed by atoms with E-state index in [4.69, 9.17) is 0 Å². The molecule has 2 N–H and O–H groups in total. The van der Waals surface area contributed by atoms with Gasteiger partial charge in [-0.25, -0.2) is 0 Å². The van der Waals surface area contributed by atoms with Gasteiger partial charge in [0.05, 0.1) is 6.04 Å². The summed E-state index contributed by atoms with van der Waals surface area (Å²) in [6.45, 7) is 1.00. The number of H-pyrrole nitrogens is 1. The molecule has 118 valence electrons. The fourth-order valence-electron chi connectivity index (χ4n) is 3.97. The molecule has 5 rings (SSSR count). The molecule has 3 aromatic carbocycles.